The van der Waals surface area contributed by atoms with Crippen LogP contribution in [0.25, 0.3) is 11.0 Å². The second-order valence-electron chi connectivity index (χ2n) is 10.3. The van der Waals surface area contributed by atoms with Gasteiger partial charge in [-0.3, -0.25) is 14.5 Å². The highest BCUT2D eigenvalue weighted by atomic mass is 32.2. The van der Waals surface area contributed by atoms with Crippen LogP contribution in [-0.4, -0.2) is 27.0 Å². The molecule has 1 N–H and O–H groups in total. The van der Waals surface area contributed by atoms with E-state index in [-0.39, 0.29) is 11.3 Å². The van der Waals surface area contributed by atoms with E-state index in [1.165, 1.54) is 33.6 Å². The minimum absolute atomic E-state index is 0.0459. The molecule has 0 aliphatic carbocycles. The number of aliphatic hydroxyl groups is 1. The third-order valence-corrected chi connectivity index (χ3v) is 9.23. The van der Waals surface area contributed by atoms with Gasteiger partial charge in [-0.15, -0.1) is 10.2 Å². The number of Topliss-reactive ketones (excluding diaryl/α,β-unsaturated/α-hetero) is 1. The zero-order valence-corrected chi connectivity index (χ0v) is 24.3. The molecule has 206 valence electrons. The number of fused-ring (bicyclic) bond motifs is 1. The summed E-state index contributed by atoms with van der Waals surface area (Å²) in [6, 6.07) is 24.0. The molecular weight excluding hydrogens is 555 g/mol. The Labute approximate surface area is 245 Å². The molecule has 3 heterocycles. The zero-order chi connectivity index (χ0) is 28.7. The lowest BCUT2D eigenvalue weighted by Crippen LogP contribution is -2.31. The van der Waals surface area contributed by atoms with Crippen molar-refractivity contribution in [3.63, 3.8) is 0 Å². The van der Waals surface area contributed by atoms with Crippen LogP contribution in [0.2, 0.25) is 0 Å². The Morgan fingerprint density at radius 1 is 1.05 bits per heavy atom. The Hall–Kier alpha value is -4.21. The van der Waals surface area contributed by atoms with Crippen molar-refractivity contribution in [3.05, 3.63) is 118 Å². The van der Waals surface area contributed by atoms with Crippen molar-refractivity contribution in [3.8, 4) is 0 Å². The molecule has 6 rings (SSSR count). The van der Waals surface area contributed by atoms with Gasteiger partial charge in [0.05, 0.1) is 11.6 Å². The van der Waals surface area contributed by atoms with E-state index in [1.54, 1.807) is 12.1 Å². The number of carbonyl (C=O) groups excluding carboxylic acids is 2. The van der Waals surface area contributed by atoms with Gasteiger partial charge < -0.3 is 9.52 Å². The molecule has 41 heavy (non-hydrogen) atoms. The third kappa shape index (κ3) is 5.18. The van der Waals surface area contributed by atoms with Gasteiger partial charge in [-0.2, -0.15) is 0 Å². The van der Waals surface area contributed by atoms with E-state index in [4.69, 9.17) is 4.42 Å². The molecule has 0 bridgehead atoms. The minimum atomic E-state index is -0.896. The van der Waals surface area contributed by atoms with Crippen molar-refractivity contribution in [2.45, 2.75) is 42.8 Å². The lowest BCUT2D eigenvalue weighted by Gasteiger charge is -2.24. The van der Waals surface area contributed by atoms with Crippen LogP contribution in [0.15, 0.2) is 99.0 Å². The lowest BCUT2D eigenvalue weighted by molar-refractivity contribution is -0.117. The number of ketones is 1. The number of aryl methyl sites for hydroxylation is 1. The van der Waals surface area contributed by atoms with Gasteiger partial charge in [0, 0.05) is 11.1 Å². The highest BCUT2D eigenvalue weighted by molar-refractivity contribution is 8.00. The smallest absolute Gasteiger partial charge is 0.296 e. The summed E-state index contributed by atoms with van der Waals surface area (Å²) in [5.41, 5.74) is 4.64. The monoisotopic (exact) mass is 581 g/mol. The Morgan fingerprint density at radius 3 is 2.49 bits per heavy atom. The molecule has 3 aromatic carbocycles. The molecule has 1 atom stereocenters. The molecule has 7 nitrogen and oxygen atoms in total. The molecule has 1 aliphatic heterocycles. The van der Waals surface area contributed by atoms with E-state index in [9.17, 15) is 14.7 Å². The van der Waals surface area contributed by atoms with Gasteiger partial charge in [0.2, 0.25) is 10.9 Å². The maximum Gasteiger partial charge on any atom is 0.296 e. The second-order valence-corrected chi connectivity index (χ2v) is 12.4. The molecule has 0 unspecified atom stereocenters. The average molecular weight is 582 g/mol. The van der Waals surface area contributed by atoms with Crippen LogP contribution < -0.4 is 4.90 Å². The van der Waals surface area contributed by atoms with Gasteiger partial charge in [0.25, 0.3) is 5.91 Å². The molecule has 1 aliphatic rings. The van der Waals surface area contributed by atoms with Crippen molar-refractivity contribution in [1.29, 1.82) is 0 Å². The number of benzene rings is 3. The number of aliphatic hydroxyl groups excluding tert-OH is 1. The first-order chi connectivity index (χ1) is 19.8. The molecular formula is C32H27N3O4S2. The Bertz CT molecular complexity index is 1750. The Kier molecular flexibility index (Phi) is 7.23. The van der Waals surface area contributed by atoms with Gasteiger partial charge in [0.1, 0.15) is 5.58 Å². The van der Waals surface area contributed by atoms with Crippen molar-refractivity contribution < 1.29 is 19.1 Å². The summed E-state index contributed by atoms with van der Waals surface area (Å²) in [7, 11) is 0. The molecule has 0 radical (unpaired) electrons. The molecule has 1 amide bonds. The second kappa shape index (κ2) is 11.0. The quantitative estimate of drug-likeness (QED) is 0.113. The molecule has 0 fully saturated rings. The Morgan fingerprint density at radius 2 is 1.78 bits per heavy atom. The molecule has 9 heteroatoms. The van der Waals surface area contributed by atoms with Crippen LogP contribution in [0.3, 0.4) is 0 Å². The van der Waals surface area contributed by atoms with Crippen molar-refractivity contribution in [2.75, 3.05) is 4.90 Å². The lowest BCUT2D eigenvalue weighted by atomic mass is 9.93. The highest BCUT2D eigenvalue weighted by Crippen LogP contribution is 2.44. The van der Waals surface area contributed by atoms with Crippen LogP contribution in [0.1, 0.15) is 58.6 Å². The third-order valence-electron chi connectivity index (χ3n) is 7.11. The minimum Gasteiger partial charge on any atom is -0.503 e. The fourth-order valence-corrected chi connectivity index (χ4v) is 6.65. The number of anilines is 1. The van der Waals surface area contributed by atoms with E-state index in [1.807, 2.05) is 49.4 Å². The normalized spacial score (nSPS) is 15.5. The summed E-state index contributed by atoms with van der Waals surface area (Å²) < 4.78 is 6.51. The summed E-state index contributed by atoms with van der Waals surface area (Å²) in [6.45, 7) is 6.24. The molecule has 0 spiro atoms. The molecule has 0 saturated carbocycles. The first kappa shape index (κ1) is 27.0. The van der Waals surface area contributed by atoms with E-state index >= 15 is 0 Å². The van der Waals surface area contributed by atoms with Crippen LogP contribution >= 0.6 is 23.1 Å². The summed E-state index contributed by atoms with van der Waals surface area (Å²) >= 11 is 2.77. The van der Waals surface area contributed by atoms with Crippen LogP contribution in [0, 0.1) is 6.92 Å². The number of amides is 1. The van der Waals surface area contributed by atoms with Crippen molar-refractivity contribution in [1.82, 2.24) is 10.2 Å². The van der Waals surface area contributed by atoms with E-state index in [2.05, 4.69) is 48.3 Å². The van der Waals surface area contributed by atoms with Gasteiger partial charge in [-0.05, 0) is 41.7 Å². The van der Waals surface area contributed by atoms with Crippen LogP contribution in [0.4, 0.5) is 5.13 Å². The number of rotatable bonds is 8. The highest BCUT2D eigenvalue weighted by Gasteiger charge is 2.46. The average Bonchev–Trinajstić information content (AvgIpc) is 3.69. The number of carbonyl (C=O) groups is 2. The SMILES string of the molecule is Cc1ccc(CSc2nnc(N3C(=O)C(O)=C(C(=O)c4cc5ccccc5o4)[C@H]3c3ccc(C(C)C)cc3)s2)cc1. The Balaban J connectivity index is 1.36. The number of hydrogen-bond donors (Lipinski definition) is 1. The standard InChI is InChI=1S/C32H27N3O4S2/c1-18(2)21-12-14-22(15-13-21)27-26(28(36)25-16-23-6-4-5-7-24(23)39-25)29(37)30(38)35(27)31-33-34-32(41-31)40-17-20-10-8-19(3)9-11-20/h4-16,18,27,37H,17H2,1-3H3/t27-/m1/s1. The van der Waals surface area contributed by atoms with E-state index < -0.39 is 23.5 Å². The van der Waals surface area contributed by atoms with Gasteiger partial charge in [-0.1, -0.05) is 109 Å². The zero-order valence-electron chi connectivity index (χ0n) is 22.7. The van der Waals surface area contributed by atoms with Crippen molar-refractivity contribution >= 4 is 50.9 Å². The topological polar surface area (TPSA) is 96.5 Å². The fourth-order valence-electron chi connectivity index (χ4n) is 4.83. The first-order valence-corrected chi connectivity index (χ1v) is 15.0. The maximum atomic E-state index is 13.9. The first-order valence-electron chi connectivity index (χ1n) is 13.2. The largest absolute Gasteiger partial charge is 0.503 e. The molecule has 0 saturated heterocycles. The van der Waals surface area contributed by atoms with Crippen molar-refractivity contribution in [2.24, 2.45) is 0 Å². The van der Waals surface area contributed by atoms with E-state index in [0.717, 1.165) is 16.5 Å². The molecule has 5 aromatic rings. The number of para-hydroxylation sites is 1. The van der Waals surface area contributed by atoms with Gasteiger partial charge in [0.15, 0.2) is 15.9 Å². The number of hydrogen-bond acceptors (Lipinski definition) is 8. The predicted molar refractivity (Wildman–Crippen MR) is 162 cm³/mol. The molecule has 2 aromatic heterocycles. The van der Waals surface area contributed by atoms with Crippen LogP contribution in [-0.2, 0) is 10.5 Å². The fraction of sp³-hybridized carbons (Fsp3) is 0.188. The summed E-state index contributed by atoms with van der Waals surface area (Å²) in [5.74, 6) is -0.806. The number of nitrogens with zero attached hydrogens (tertiary/aromatic N) is 3. The summed E-state index contributed by atoms with van der Waals surface area (Å²) in [5, 5.41) is 20.8. The number of furan rings is 1. The number of thioether (sulfide) groups is 1. The van der Waals surface area contributed by atoms with Gasteiger partial charge >= 0.3 is 0 Å². The van der Waals surface area contributed by atoms with E-state index in [0.29, 0.717) is 32.3 Å². The predicted octanol–water partition coefficient (Wildman–Crippen LogP) is 7.79. The maximum absolute atomic E-state index is 13.9. The van der Waals surface area contributed by atoms with Gasteiger partial charge in [-0.25, -0.2) is 0 Å². The number of aromatic nitrogens is 2. The summed E-state index contributed by atoms with van der Waals surface area (Å²) in [4.78, 5) is 28.8. The summed E-state index contributed by atoms with van der Waals surface area (Å²) in [6.07, 6.45) is 0. The van der Waals surface area contributed by atoms with Crippen LogP contribution in [0.5, 0.6) is 0 Å².